The molecule has 0 amide bonds. The van der Waals surface area contributed by atoms with Gasteiger partial charge in [-0.25, -0.2) is 4.79 Å². The van der Waals surface area contributed by atoms with Crippen molar-refractivity contribution in [1.82, 2.24) is 0 Å². The Morgan fingerprint density at radius 2 is 2.05 bits per heavy atom. The zero-order chi connectivity index (χ0) is 12.7. The van der Waals surface area contributed by atoms with Crippen molar-refractivity contribution >= 4 is 5.97 Å². The topological polar surface area (TPSA) is 35.5 Å². The van der Waals surface area contributed by atoms with Crippen molar-refractivity contribution in [2.24, 2.45) is 16.7 Å². The van der Waals surface area contributed by atoms with Gasteiger partial charge in [-0.1, -0.05) is 0 Å². The van der Waals surface area contributed by atoms with Crippen LogP contribution >= 0.6 is 0 Å². The minimum Gasteiger partial charge on any atom is -0.479 e. The molecule has 2 atom stereocenters. The van der Waals surface area contributed by atoms with E-state index in [0.29, 0.717) is 12.5 Å². The summed E-state index contributed by atoms with van der Waals surface area (Å²) < 4.78 is 12.0. The highest BCUT2D eigenvalue weighted by Crippen LogP contribution is 2.75. The van der Waals surface area contributed by atoms with E-state index in [2.05, 4.69) is 6.08 Å². The molecule has 0 N–H and O–H groups in total. The van der Waals surface area contributed by atoms with Gasteiger partial charge in [0.2, 0.25) is 5.60 Å². The molecular formula is C16H20O3. The molecule has 19 heavy (non-hydrogen) atoms. The van der Waals surface area contributed by atoms with Crippen molar-refractivity contribution in [1.29, 1.82) is 0 Å². The summed E-state index contributed by atoms with van der Waals surface area (Å²) in [6.45, 7) is 0.573. The molecule has 0 radical (unpaired) electrons. The lowest BCUT2D eigenvalue weighted by molar-refractivity contribution is -0.223. The molecule has 102 valence electrons. The second-order valence-electron chi connectivity index (χ2n) is 7.28. The zero-order valence-corrected chi connectivity index (χ0v) is 11.2. The molecule has 6 rings (SSSR count). The van der Waals surface area contributed by atoms with Gasteiger partial charge in [0, 0.05) is 11.8 Å². The van der Waals surface area contributed by atoms with Gasteiger partial charge in [0.15, 0.2) is 0 Å². The van der Waals surface area contributed by atoms with E-state index < -0.39 is 5.60 Å². The summed E-state index contributed by atoms with van der Waals surface area (Å²) in [6, 6.07) is 0. The van der Waals surface area contributed by atoms with Gasteiger partial charge < -0.3 is 9.47 Å². The van der Waals surface area contributed by atoms with Gasteiger partial charge >= 0.3 is 5.97 Å². The van der Waals surface area contributed by atoms with E-state index in [9.17, 15) is 4.79 Å². The number of rotatable bonds is 0. The molecule has 0 aromatic carbocycles. The Hall–Kier alpha value is -0.990. The van der Waals surface area contributed by atoms with Crippen LogP contribution in [0.5, 0.6) is 0 Å². The molecule has 3 heteroatoms. The smallest absolute Gasteiger partial charge is 0.351 e. The summed E-state index contributed by atoms with van der Waals surface area (Å²) in [5.74, 6) is 1.73. The van der Waals surface area contributed by atoms with E-state index in [4.69, 9.17) is 9.47 Å². The normalized spacial score (nSPS) is 53.8. The molecule has 2 heterocycles. The SMILES string of the molecule is O=C1OC[C@@]23CCCC=C2O[C@@]12CC1CCC32CC1. The molecule has 4 bridgehead atoms. The minimum absolute atomic E-state index is 0.0323. The molecule has 3 nitrogen and oxygen atoms in total. The Morgan fingerprint density at radius 1 is 1.21 bits per heavy atom. The number of cyclic esters (lactones) is 1. The molecule has 0 unspecified atom stereocenters. The summed E-state index contributed by atoms with van der Waals surface area (Å²) in [6.07, 6.45) is 11.5. The highest BCUT2D eigenvalue weighted by atomic mass is 16.6. The molecule has 0 aromatic heterocycles. The molecular weight excluding hydrogens is 240 g/mol. The summed E-state index contributed by atoms with van der Waals surface area (Å²) >= 11 is 0. The van der Waals surface area contributed by atoms with Crippen molar-refractivity contribution in [3.8, 4) is 0 Å². The van der Waals surface area contributed by atoms with Crippen LogP contribution in [-0.2, 0) is 14.3 Å². The van der Waals surface area contributed by atoms with Crippen molar-refractivity contribution < 1.29 is 14.3 Å². The average Bonchev–Trinajstić information content (AvgIpc) is 2.65. The monoisotopic (exact) mass is 260 g/mol. The van der Waals surface area contributed by atoms with Crippen molar-refractivity contribution in [3.63, 3.8) is 0 Å². The van der Waals surface area contributed by atoms with Gasteiger partial charge in [0.25, 0.3) is 0 Å². The maximum absolute atomic E-state index is 12.6. The highest BCUT2D eigenvalue weighted by Gasteiger charge is 2.80. The molecule has 4 aliphatic carbocycles. The van der Waals surface area contributed by atoms with Gasteiger partial charge in [0.05, 0.1) is 5.41 Å². The second kappa shape index (κ2) is 3.02. The average molecular weight is 260 g/mol. The molecule has 2 spiro atoms. The maximum Gasteiger partial charge on any atom is 0.351 e. The Morgan fingerprint density at radius 3 is 2.89 bits per heavy atom. The van der Waals surface area contributed by atoms with Crippen LogP contribution in [-0.4, -0.2) is 18.2 Å². The number of carbonyl (C=O) groups excluding carboxylic acids is 1. The minimum atomic E-state index is -0.609. The molecule has 2 saturated heterocycles. The number of esters is 1. The van der Waals surface area contributed by atoms with Crippen LogP contribution in [0.3, 0.4) is 0 Å². The summed E-state index contributed by atoms with van der Waals surface area (Å²) in [7, 11) is 0. The largest absolute Gasteiger partial charge is 0.479 e. The number of allylic oxidation sites excluding steroid dienone is 1. The fourth-order valence-electron chi connectivity index (χ4n) is 6.05. The highest BCUT2D eigenvalue weighted by molar-refractivity contribution is 5.84. The van der Waals surface area contributed by atoms with Crippen LogP contribution < -0.4 is 0 Å². The maximum atomic E-state index is 12.6. The number of fused-ring (bicyclic) bond motifs is 2. The predicted molar refractivity (Wildman–Crippen MR) is 68.2 cm³/mol. The summed E-state index contributed by atoms with van der Waals surface area (Å²) in [5, 5.41) is 0. The van der Waals surface area contributed by atoms with Crippen molar-refractivity contribution in [3.05, 3.63) is 11.8 Å². The van der Waals surface area contributed by atoms with Crippen LogP contribution in [0.25, 0.3) is 0 Å². The fourth-order valence-corrected chi connectivity index (χ4v) is 6.05. The van der Waals surface area contributed by atoms with Crippen LogP contribution in [0, 0.1) is 16.7 Å². The Kier molecular flexibility index (Phi) is 1.71. The standard InChI is InChI=1S/C16H20O3/c17-13-16-9-11-4-7-15(16,8-5-11)14(10-18-13)6-2-1-3-12(14)19-16/h3,11H,1-2,4-10H2/t11?,14-,15?,16-/m0/s1. The summed E-state index contributed by atoms with van der Waals surface area (Å²) in [4.78, 5) is 12.6. The molecule has 5 fully saturated rings. The van der Waals surface area contributed by atoms with Gasteiger partial charge in [-0.2, -0.15) is 0 Å². The predicted octanol–water partition coefficient (Wildman–Crippen LogP) is 2.95. The number of hydrogen-bond acceptors (Lipinski definition) is 3. The number of hydrogen-bond donors (Lipinski definition) is 0. The van der Waals surface area contributed by atoms with Crippen molar-refractivity contribution in [2.45, 2.75) is 57.0 Å². The first-order valence-electron chi connectivity index (χ1n) is 7.79. The van der Waals surface area contributed by atoms with Crippen LogP contribution in [0.15, 0.2) is 11.8 Å². The lowest BCUT2D eigenvalue weighted by atomic mass is 9.43. The van der Waals surface area contributed by atoms with E-state index in [1.165, 1.54) is 32.1 Å². The Balaban J connectivity index is 1.80. The molecule has 0 aromatic rings. The summed E-state index contributed by atoms with van der Waals surface area (Å²) in [5.41, 5.74) is -0.510. The van der Waals surface area contributed by atoms with E-state index >= 15 is 0 Å². The van der Waals surface area contributed by atoms with Crippen LogP contribution in [0.1, 0.15) is 51.4 Å². The second-order valence-corrected chi connectivity index (χ2v) is 7.28. The lowest BCUT2D eigenvalue weighted by Gasteiger charge is -2.60. The first-order valence-corrected chi connectivity index (χ1v) is 7.79. The van der Waals surface area contributed by atoms with Crippen molar-refractivity contribution in [2.75, 3.05) is 6.61 Å². The first-order chi connectivity index (χ1) is 9.23. The van der Waals surface area contributed by atoms with Gasteiger partial charge in [0.1, 0.15) is 12.4 Å². The van der Waals surface area contributed by atoms with Gasteiger partial charge in [-0.05, 0) is 56.9 Å². The lowest BCUT2D eigenvalue weighted by Crippen LogP contribution is -2.67. The van der Waals surface area contributed by atoms with Gasteiger partial charge in [-0.3, -0.25) is 0 Å². The third-order valence-electron chi connectivity index (χ3n) is 6.90. The Bertz CT molecular complexity index is 496. The zero-order valence-electron chi connectivity index (χ0n) is 11.2. The van der Waals surface area contributed by atoms with Crippen LogP contribution in [0.2, 0.25) is 0 Å². The van der Waals surface area contributed by atoms with E-state index in [-0.39, 0.29) is 16.8 Å². The van der Waals surface area contributed by atoms with Crippen LogP contribution in [0.4, 0.5) is 0 Å². The first kappa shape index (κ1) is 10.8. The van der Waals surface area contributed by atoms with E-state index in [1.54, 1.807) is 0 Å². The molecule has 3 saturated carbocycles. The fraction of sp³-hybridized carbons (Fsp3) is 0.812. The number of carbonyl (C=O) groups is 1. The molecule has 6 aliphatic rings. The van der Waals surface area contributed by atoms with E-state index in [1.807, 2.05) is 0 Å². The number of ether oxygens (including phenoxy) is 2. The third kappa shape index (κ3) is 0.907. The Labute approximate surface area is 113 Å². The quantitative estimate of drug-likeness (QED) is 0.628. The van der Waals surface area contributed by atoms with E-state index in [0.717, 1.165) is 25.0 Å². The third-order valence-corrected chi connectivity index (χ3v) is 6.90. The van der Waals surface area contributed by atoms with Gasteiger partial charge in [-0.15, -0.1) is 0 Å². The molecule has 2 aliphatic heterocycles.